The molecule has 0 saturated heterocycles. The zero-order valence-corrected chi connectivity index (χ0v) is 11.9. The summed E-state index contributed by atoms with van der Waals surface area (Å²) < 4.78 is 0. The SMILES string of the molecule is CCCCCCCCCCCCCNC(C)=O. The van der Waals surface area contributed by atoms with Crippen molar-refractivity contribution in [1.82, 2.24) is 5.32 Å². The molecule has 2 nitrogen and oxygen atoms in total. The van der Waals surface area contributed by atoms with E-state index in [1.807, 2.05) is 0 Å². The predicted octanol–water partition coefficient (Wildman–Crippen LogP) is 4.43. The molecule has 0 spiro atoms. The molecule has 0 aliphatic heterocycles. The Hall–Kier alpha value is -0.530. The molecule has 102 valence electrons. The summed E-state index contributed by atoms with van der Waals surface area (Å²) in [5.74, 6) is 0.0945. The number of carbonyl (C=O) groups is 1. The lowest BCUT2D eigenvalue weighted by Gasteiger charge is -2.03. The van der Waals surface area contributed by atoms with Crippen LogP contribution in [-0.4, -0.2) is 12.5 Å². The van der Waals surface area contributed by atoms with E-state index in [-0.39, 0.29) is 5.91 Å². The van der Waals surface area contributed by atoms with Crippen molar-refractivity contribution in [2.45, 2.75) is 84.5 Å². The highest BCUT2D eigenvalue weighted by Gasteiger charge is 1.93. The van der Waals surface area contributed by atoms with E-state index >= 15 is 0 Å². The molecule has 0 radical (unpaired) electrons. The van der Waals surface area contributed by atoms with Crippen LogP contribution in [0.2, 0.25) is 0 Å². The highest BCUT2D eigenvalue weighted by molar-refractivity contribution is 5.72. The zero-order chi connectivity index (χ0) is 12.8. The van der Waals surface area contributed by atoms with Crippen LogP contribution in [0.25, 0.3) is 0 Å². The lowest BCUT2D eigenvalue weighted by molar-refractivity contribution is -0.118. The fraction of sp³-hybridized carbons (Fsp3) is 0.933. The van der Waals surface area contributed by atoms with Gasteiger partial charge in [0, 0.05) is 13.5 Å². The third-order valence-electron chi connectivity index (χ3n) is 3.15. The zero-order valence-electron chi connectivity index (χ0n) is 11.9. The topological polar surface area (TPSA) is 29.1 Å². The van der Waals surface area contributed by atoms with Crippen molar-refractivity contribution in [2.75, 3.05) is 6.54 Å². The van der Waals surface area contributed by atoms with Crippen LogP contribution >= 0.6 is 0 Å². The molecule has 0 unspecified atom stereocenters. The predicted molar refractivity (Wildman–Crippen MR) is 75.1 cm³/mol. The maximum Gasteiger partial charge on any atom is 0.216 e. The Kier molecular flexibility index (Phi) is 13.1. The van der Waals surface area contributed by atoms with E-state index < -0.39 is 0 Å². The van der Waals surface area contributed by atoms with Gasteiger partial charge in [0.1, 0.15) is 0 Å². The van der Waals surface area contributed by atoms with Gasteiger partial charge in [0.2, 0.25) is 5.91 Å². The molecule has 0 rings (SSSR count). The maximum atomic E-state index is 10.6. The average molecular weight is 241 g/mol. The van der Waals surface area contributed by atoms with Gasteiger partial charge in [-0.05, 0) is 6.42 Å². The third kappa shape index (κ3) is 15.5. The molecular formula is C15H31NO. The summed E-state index contributed by atoms with van der Waals surface area (Å²) in [4.78, 5) is 10.6. The van der Waals surface area contributed by atoms with Crippen LogP contribution in [-0.2, 0) is 4.79 Å². The fourth-order valence-corrected chi connectivity index (χ4v) is 2.05. The summed E-state index contributed by atoms with van der Waals surface area (Å²) in [5, 5.41) is 2.84. The quantitative estimate of drug-likeness (QED) is 0.503. The molecule has 0 fully saturated rings. The number of hydrogen-bond acceptors (Lipinski definition) is 1. The van der Waals surface area contributed by atoms with E-state index in [4.69, 9.17) is 0 Å². The van der Waals surface area contributed by atoms with Crippen LogP contribution in [0.5, 0.6) is 0 Å². The summed E-state index contributed by atoms with van der Waals surface area (Å²) in [7, 11) is 0. The van der Waals surface area contributed by atoms with Gasteiger partial charge < -0.3 is 5.32 Å². The Balaban J connectivity index is 2.91. The number of rotatable bonds is 12. The smallest absolute Gasteiger partial charge is 0.216 e. The van der Waals surface area contributed by atoms with Gasteiger partial charge in [-0.25, -0.2) is 0 Å². The Morgan fingerprint density at radius 2 is 1.18 bits per heavy atom. The van der Waals surface area contributed by atoms with Crippen molar-refractivity contribution < 1.29 is 4.79 Å². The second-order valence-corrected chi connectivity index (χ2v) is 5.02. The van der Waals surface area contributed by atoms with Crippen molar-refractivity contribution in [2.24, 2.45) is 0 Å². The van der Waals surface area contributed by atoms with E-state index in [0.29, 0.717) is 0 Å². The number of nitrogens with one attached hydrogen (secondary N) is 1. The standard InChI is InChI=1S/C15H31NO/c1-3-4-5-6-7-8-9-10-11-12-13-14-16-15(2)17/h3-14H2,1-2H3,(H,16,17). The molecule has 1 amide bonds. The Bertz CT molecular complexity index is 168. The molecule has 0 bridgehead atoms. The lowest BCUT2D eigenvalue weighted by Crippen LogP contribution is -2.20. The first-order valence-corrected chi connectivity index (χ1v) is 7.51. The summed E-state index contributed by atoms with van der Waals surface area (Å²) in [6.45, 7) is 4.70. The molecule has 0 aliphatic rings. The van der Waals surface area contributed by atoms with Gasteiger partial charge in [-0.15, -0.1) is 0 Å². The maximum absolute atomic E-state index is 10.6. The largest absolute Gasteiger partial charge is 0.356 e. The lowest BCUT2D eigenvalue weighted by atomic mass is 10.1. The van der Waals surface area contributed by atoms with E-state index in [1.165, 1.54) is 64.2 Å². The van der Waals surface area contributed by atoms with Gasteiger partial charge in [0.15, 0.2) is 0 Å². The minimum Gasteiger partial charge on any atom is -0.356 e. The first-order chi connectivity index (χ1) is 8.27. The molecule has 0 aliphatic carbocycles. The molecule has 2 heteroatoms. The fourth-order valence-electron chi connectivity index (χ4n) is 2.05. The van der Waals surface area contributed by atoms with Crippen LogP contribution in [0.15, 0.2) is 0 Å². The number of hydrogen-bond donors (Lipinski definition) is 1. The molecular weight excluding hydrogens is 210 g/mol. The van der Waals surface area contributed by atoms with Gasteiger partial charge in [0.25, 0.3) is 0 Å². The van der Waals surface area contributed by atoms with Crippen LogP contribution in [0.1, 0.15) is 84.5 Å². The van der Waals surface area contributed by atoms with Gasteiger partial charge in [0.05, 0.1) is 0 Å². The number of amides is 1. The second-order valence-electron chi connectivity index (χ2n) is 5.02. The highest BCUT2D eigenvalue weighted by atomic mass is 16.1. The van der Waals surface area contributed by atoms with Crippen molar-refractivity contribution in [1.29, 1.82) is 0 Å². The summed E-state index contributed by atoms with van der Waals surface area (Å²) >= 11 is 0. The normalized spacial score (nSPS) is 10.5. The Morgan fingerprint density at radius 3 is 1.59 bits per heavy atom. The van der Waals surface area contributed by atoms with Crippen molar-refractivity contribution in [3.8, 4) is 0 Å². The minimum atomic E-state index is 0.0945. The van der Waals surface area contributed by atoms with E-state index in [0.717, 1.165) is 13.0 Å². The van der Waals surface area contributed by atoms with Crippen LogP contribution in [0.3, 0.4) is 0 Å². The van der Waals surface area contributed by atoms with E-state index in [9.17, 15) is 4.79 Å². The average Bonchev–Trinajstić information content (AvgIpc) is 2.30. The second kappa shape index (κ2) is 13.5. The molecule has 0 aromatic heterocycles. The summed E-state index contributed by atoms with van der Waals surface area (Å²) in [6, 6.07) is 0. The van der Waals surface area contributed by atoms with Gasteiger partial charge in [-0.1, -0.05) is 71.1 Å². The first kappa shape index (κ1) is 16.5. The van der Waals surface area contributed by atoms with Crippen molar-refractivity contribution >= 4 is 5.91 Å². The summed E-state index contributed by atoms with van der Waals surface area (Å²) in [5.41, 5.74) is 0. The van der Waals surface area contributed by atoms with Gasteiger partial charge in [-0.2, -0.15) is 0 Å². The number of carbonyl (C=O) groups excluding carboxylic acids is 1. The van der Waals surface area contributed by atoms with Crippen molar-refractivity contribution in [3.05, 3.63) is 0 Å². The highest BCUT2D eigenvalue weighted by Crippen LogP contribution is 2.10. The third-order valence-corrected chi connectivity index (χ3v) is 3.15. The molecule has 0 aromatic rings. The Labute approximate surface area is 108 Å². The molecule has 0 heterocycles. The van der Waals surface area contributed by atoms with E-state index in [1.54, 1.807) is 6.92 Å². The van der Waals surface area contributed by atoms with Crippen LogP contribution in [0, 0.1) is 0 Å². The summed E-state index contributed by atoms with van der Waals surface area (Å²) in [6.07, 6.45) is 14.9. The van der Waals surface area contributed by atoms with Crippen molar-refractivity contribution in [3.63, 3.8) is 0 Å². The molecule has 17 heavy (non-hydrogen) atoms. The van der Waals surface area contributed by atoms with Crippen LogP contribution < -0.4 is 5.32 Å². The first-order valence-electron chi connectivity index (χ1n) is 7.51. The van der Waals surface area contributed by atoms with Gasteiger partial charge in [-0.3, -0.25) is 4.79 Å². The molecule has 0 aromatic carbocycles. The van der Waals surface area contributed by atoms with Crippen LogP contribution in [0.4, 0.5) is 0 Å². The minimum absolute atomic E-state index is 0.0945. The molecule has 1 N–H and O–H groups in total. The Morgan fingerprint density at radius 1 is 0.765 bits per heavy atom. The molecule has 0 saturated carbocycles. The van der Waals surface area contributed by atoms with Gasteiger partial charge >= 0.3 is 0 Å². The monoisotopic (exact) mass is 241 g/mol. The van der Waals surface area contributed by atoms with E-state index in [2.05, 4.69) is 12.2 Å². The molecule has 0 atom stereocenters. The number of unbranched alkanes of at least 4 members (excludes halogenated alkanes) is 10.